The Morgan fingerprint density at radius 2 is 2.33 bits per heavy atom. The van der Waals surface area contributed by atoms with Crippen LogP contribution in [0.5, 0.6) is 0 Å². The van der Waals surface area contributed by atoms with Crippen molar-refractivity contribution in [1.82, 2.24) is 20.2 Å². The molecule has 3 heterocycles. The number of fused-ring (bicyclic) bond motifs is 1. The topological polar surface area (TPSA) is 81.2 Å². The van der Waals surface area contributed by atoms with Gasteiger partial charge in [-0.3, -0.25) is 9.69 Å². The molecule has 4 rings (SSSR count). The van der Waals surface area contributed by atoms with E-state index in [2.05, 4.69) is 44.5 Å². The Morgan fingerprint density at radius 3 is 3.17 bits per heavy atom. The maximum absolute atomic E-state index is 12.1. The van der Waals surface area contributed by atoms with Crippen LogP contribution in [0.4, 0.5) is 0 Å². The van der Waals surface area contributed by atoms with Crippen molar-refractivity contribution in [2.24, 2.45) is 0 Å². The number of likely N-dealkylation sites (tertiary alicyclic amines) is 1. The molecule has 3 N–H and O–H groups in total. The minimum absolute atomic E-state index is 0.226. The highest BCUT2D eigenvalue weighted by Crippen LogP contribution is 2.19. The Morgan fingerprint density at radius 1 is 1.42 bits per heavy atom. The first-order valence-corrected chi connectivity index (χ1v) is 8.79. The molecule has 0 spiro atoms. The fourth-order valence-electron chi connectivity index (χ4n) is 3.16. The minimum atomic E-state index is -0.566. The molecule has 3 aromatic rings. The van der Waals surface area contributed by atoms with Crippen molar-refractivity contribution >= 4 is 28.1 Å². The number of benzene rings is 1. The van der Waals surface area contributed by atoms with Crippen LogP contribution in [0.3, 0.4) is 0 Å². The number of nitrogens with zero attached hydrogens (tertiary/aromatic N) is 2. The van der Waals surface area contributed by atoms with Crippen LogP contribution in [-0.2, 0) is 6.54 Å². The summed E-state index contributed by atoms with van der Waals surface area (Å²) in [5, 5.41) is 16.0. The van der Waals surface area contributed by atoms with Crippen molar-refractivity contribution in [2.75, 3.05) is 13.1 Å². The Kier molecular flexibility index (Phi) is 4.05. The number of β-amino-alcohol motifs (C(OH)–C–C–N with tert-alkyl or cyclic N) is 1. The maximum atomic E-state index is 12.1. The van der Waals surface area contributed by atoms with E-state index >= 15 is 0 Å². The van der Waals surface area contributed by atoms with E-state index < -0.39 is 6.10 Å². The average molecular weight is 342 g/mol. The van der Waals surface area contributed by atoms with E-state index in [9.17, 15) is 9.90 Å². The second-order valence-corrected chi connectivity index (χ2v) is 6.83. The van der Waals surface area contributed by atoms with Gasteiger partial charge in [-0.2, -0.15) is 0 Å². The molecule has 2 aromatic heterocycles. The number of H-pyrrole nitrogens is 1. The highest BCUT2D eigenvalue weighted by Gasteiger charge is 2.32. The fourth-order valence-corrected chi connectivity index (χ4v) is 3.70. The smallest absolute Gasteiger partial charge is 0.271 e. The van der Waals surface area contributed by atoms with Crippen LogP contribution in [0, 0.1) is 0 Å². The molecule has 1 fully saturated rings. The highest BCUT2D eigenvalue weighted by molar-refractivity contribution is 7.07. The van der Waals surface area contributed by atoms with Crippen molar-refractivity contribution in [3.8, 4) is 0 Å². The standard InChI is InChI=1S/C17H18N4O2S/c22-16-8-21(6-11-1-2-13-12(5-11)3-4-18-13)7-14(16)20-17(23)15-9-24-10-19-15/h1-5,9-10,14,16,18,22H,6-8H2,(H,20,23)/t14-,16-/m1/s1. The van der Waals surface area contributed by atoms with Crippen molar-refractivity contribution in [1.29, 1.82) is 0 Å². The van der Waals surface area contributed by atoms with Gasteiger partial charge in [0.05, 0.1) is 17.7 Å². The van der Waals surface area contributed by atoms with Crippen molar-refractivity contribution in [3.05, 3.63) is 52.6 Å². The van der Waals surface area contributed by atoms with E-state index in [1.807, 2.05) is 6.20 Å². The van der Waals surface area contributed by atoms with E-state index in [4.69, 9.17) is 0 Å². The number of rotatable bonds is 4. The molecule has 24 heavy (non-hydrogen) atoms. The van der Waals surface area contributed by atoms with Crippen LogP contribution < -0.4 is 5.32 Å². The van der Waals surface area contributed by atoms with Crippen LogP contribution in [0.15, 0.2) is 41.4 Å². The third-order valence-corrected chi connectivity index (χ3v) is 4.96. The van der Waals surface area contributed by atoms with Crippen LogP contribution in [0.25, 0.3) is 10.9 Å². The van der Waals surface area contributed by atoms with Crippen LogP contribution >= 0.6 is 11.3 Å². The third kappa shape index (κ3) is 3.06. The molecule has 2 atom stereocenters. The monoisotopic (exact) mass is 342 g/mol. The number of amides is 1. The zero-order valence-corrected chi connectivity index (χ0v) is 13.8. The Bertz CT molecular complexity index is 845. The molecule has 0 saturated carbocycles. The SMILES string of the molecule is O=C(N[C@@H]1CN(Cc2ccc3[nH]ccc3c2)C[C@H]1O)c1cscn1. The van der Waals surface area contributed by atoms with Gasteiger partial charge in [-0.15, -0.1) is 11.3 Å². The number of aromatic nitrogens is 2. The van der Waals surface area contributed by atoms with Gasteiger partial charge in [-0.1, -0.05) is 6.07 Å². The molecular weight excluding hydrogens is 324 g/mol. The number of aliphatic hydroxyl groups is 1. The normalized spacial score (nSPS) is 21.4. The largest absolute Gasteiger partial charge is 0.390 e. The summed E-state index contributed by atoms with van der Waals surface area (Å²) in [6, 6.07) is 8.09. The molecule has 1 amide bonds. The summed E-state index contributed by atoms with van der Waals surface area (Å²) in [4.78, 5) is 21.4. The van der Waals surface area contributed by atoms with Gasteiger partial charge < -0.3 is 15.4 Å². The molecule has 0 bridgehead atoms. The first kappa shape index (κ1) is 15.3. The summed E-state index contributed by atoms with van der Waals surface area (Å²) in [5.41, 5.74) is 4.35. The molecule has 124 valence electrons. The molecular formula is C17H18N4O2S. The molecule has 1 saturated heterocycles. The molecule has 1 aliphatic rings. The molecule has 0 unspecified atom stereocenters. The first-order chi connectivity index (χ1) is 11.7. The van der Waals surface area contributed by atoms with Gasteiger partial charge in [0, 0.05) is 36.7 Å². The van der Waals surface area contributed by atoms with Crippen LogP contribution in [0.2, 0.25) is 0 Å². The number of carbonyl (C=O) groups excluding carboxylic acids is 1. The number of hydrogen-bond donors (Lipinski definition) is 3. The quantitative estimate of drug-likeness (QED) is 0.673. The fraction of sp³-hybridized carbons (Fsp3) is 0.294. The summed E-state index contributed by atoms with van der Waals surface area (Å²) in [7, 11) is 0. The second-order valence-electron chi connectivity index (χ2n) is 6.11. The van der Waals surface area contributed by atoms with E-state index in [0.717, 1.165) is 12.1 Å². The molecule has 6 nitrogen and oxygen atoms in total. The molecule has 1 aromatic carbocycles. The number of carbonyl (C=O) groups is 1. The molecule has 7 heteroatoms. The van der Waals surface area contributed by atoms with E-state index in [0.29, 0.717) is 18.8 Å². The minimum Gasteiger partial charge on any atom is -0.390 e. The molecule has 1 aliphatic heterocycles. The highest BCUT2D eigenvalue weighted by atomic mass is 32.1. The lowest BCUT2D eigenvalue weighted by Crippen LogP contribution is -2.42. The van der Waals surface area contributed by atoms with Gasteiger partial charge in [-0.25, -0.2) is 4.98 Å². The van der Waals surface area contributed by atoms with Gasteiger partial charge in [-0.05, 0) is 29.1 Å². The number of aromatic amines is 1. The third-order valence-electron chi connectivity index (χ3n) is 4.37. The maximum Gasteiger partial charge on any atom is 0.271 e. The number of thiazole rings is 1. The summed E-state index contributed by atoms with van der Waals surface area (Å²) in [5.74, 6) is -0.226. The van der Waals surface area contributed by atoms with Gasteiger partial charge in [0.25, 0.3) is 5.91 Å². The van der Waals surface area contributed by atoms with Crippen LogP contribution in [0.1, 0.15) is 16.1 Å². The van der Waals surface area contributed by atoms with Gasteiger partial charge >= 0.3 is 0 Å². The Balaban J connectivity index is 1.40. The number of hydrogen-bond acceptors (Lipinski definition) is 5. The van der Waals surface area contributed by atoms with E-state index in [1.54, 1.807) is 10.9 Å². The first-order valence-electron chi connectivity index (χ1n) is 7.84. The van der Waals surface area contributed by atoms with Crippen molar-refractivity contribution in [2.45, 2.75) is 18.7 Å². The Hall–Kier alpha value is -2.22. The van der Waals surface area contributed by atoms with Crippen molar-refractivity contribution in [3.63, 3.8) is 0 Å². The van der Waals surface area contributed by atoms with Gasteiger partial charge in [0.2, 0.25) is 0 Å². The lowest BCUT2D eigenvalue weighted by atomic mass is 10.1. The zero-order valence-electron chi connectivity index (χ0n) is 13.0. The van der Waals surface area contributed by atoms with Crippen molar-refractivity contribution < 1.29 is 9.90 Å². The summed E-state index contributed by atoms with van der Waals surface area (Å²) in [6.07, 6.45) is 1.36. The van der Waals surface area contributed by atoms with Gasteiger partial charge in [0.1, 0.15) is 5.69 Å². The number of nitrogens with one attached hydrogen (secondary N) is 2. The molecule has 0 radical (unpaired) electrons. The second kappa shape index (κ2) is 6.35. The van der Waals surface area contributed by atoms with Gasteiger partial charge in [0.15, 0.2) is 0 Å². The zero-order chi connectivity index (χ0) is 16.5. The summed E-state index contributed by atoms with van der Waals surface area (Å²) < 4.78 is 0. The van der Waals surface area contributed by atoms with E-state index in [-0.39, 0.29) is 11.9 Å². The van der Waals surface area contributed by atoms with E-state index in [1.165, 1.54) is 22.3 Å². The summed E-state index contributed by atoms with van der Waals surface area (Å²) in [6.45, 7) is 1.93. The summed E-state index contributed by atoms with van der Waals surface area (Å²) >= 11 is 1.38. The molecule has 0 aliphatic carbocycles. The lowest BCUT2D eigenvalue weighted by molar-refractivity contribution is 0.0884. The number of aliphatic hydroxyl groups excluding tert-OH is 1. The average Bonchev–Trinajstić information content (AvgIpc) is 3.29. The predicted octanol–water partition coefficient (Wildman–Crippen LogP) is 1.60. The predicted molar refractivity (Wildman–Crippen MR) is 93.0 cm³/mol. The van der Waals surface area contributed by atoms with Crippen LogP contribution in [-0.4, -0.2) is 51.1 Å². The Labute approximate surface area is 143 Å². The lowest BCUT2D eigenvalue weighted by Gasteiger charge is -2.16.